The molecule has 10 heavy (non-hydrogen) atoms. The fraction of sp³-hybridized carbons (Fsp3) is 0.500. The summed E-state index contributed by atoms with van der Waals surface area (Å²) in [6.45, 7) is 0. The summed E-state index contributed by atoms with van der Waals surface area (Å²) in [6, 6.07) is 0. The van der Waals surface area contributed by atoms with E-state index in [0.29, 0.717) is 0 Å². The van der Waals surface area contributed by atoms with Crippen LogP contribution in [-0.4, -0.2) is 33.4 Å². The fourth-order valence-electron chi connectivity index (χ4n) is 0.253. The third-order valence-electron chi connectivity index (χ3n) is 0.653. The van der Waals surface area contributed by atoms with Gasteiger partial charge in [0.1, 0.15) is 0 Å². The molecule has 0 saturated carbocycles. The quantitative estimate of drug-likeness (QED) is 0.377. The van der Waals surface area contributed by atoms with Gasteiger partial charge < -0.3 is 15.3 Å². The van der Waals surface area contributed by atoms with Crippen LogP contribution in [0.1, 0.15) is 6.42 Å². The standard InChI is InChI=1S/C4H6O5.K/c5-2(4(8)9)1-3(6)7;/h2,5H,1H2,(H,6,7)(H,8,9);/q;+1. The van der Waals surface area contributed by atoms with Gasteiger partial charge in [-0.25, -0.2) is 4.79 Å². The van der Waals surface area contributed by atoms with E-state index in [4.69, 9.17) is 15.3 Å². The van der Waals surface area contributed by atoms with Crippen molar-refractivity contribution in [1.29, 1.82) is 0 Å². The smallest absolute Gasteiger partial charge is 0.481 e. The number of carbonyl (C=O) groups is 2. The predicted molar refractivity (Wildman–Crippen MR) is 25.9 cm³/mol. The summed E-state index contributed by atoms with van der Waals surface area (Å²) in [7, 11) is 0. The zero-order valence-electron chi connectivity index (χ0n) is 5.44. The van der Waals surface area contributed by atoms with Gasteiger partial charge in [-0.05, 0) is 0 Å². The molecule has 0 amide bonds. The van der Waals surface area contributed by atoms with Crippen LogP contribution in [0.15, 0.2) is 0 Å². The SMILES string of the molecule is O=C(O)CC(O)C(=O)O.[K+]. The summed E-state index contributed by atoms with van der Waals surface area (Å²) >= 11 is 0. The Kier molecular flexibility index (Phi) is 8.23. The number of hydrogen-bond acceptors (Lipinski definition) is 3. The number of carboxylic acid groups (broad SMARTS) is 2. The second-order valence-electron chi connectivity index (χ2n) is 1.45. The van der Waals surface area contributed by atoms with E-state index < -0.39 is 24.5 Å². The van der Waals surface area contributed by atoms with Crippen LogP contribution >= 0.6 is 0 Å². The van der Waals surface area contributed by atoms with E-state index >= 15 is 0 Å². The van der Waals surface area contributed by atoms with Gasteiger partial charge in [0, 0.05) is 0 Å². The van der Waals surface area contributed by atoms with Crippen molar-refractivity contribution in [2.75, 3.05) is 0 Å². The Balaban J connectivity index is 0. The number of rotatable bonds is 3. The van der Waals surface area contributed by atoms with Gasteiger partial charge >= 0.3 is 63.3 Å². The van der Waals surface area contributed by atoms with E-state index in [1.54, 1.807) is 0 Å². The zero-order valence-corrected chi connectivity index (χ0v) is 8.57. The summed E-state index contributed by atoms with van der Waals surface area (Å²) in [6.07, 6.45) is -2.54. The van der Waals surface area contributed by atoms with Crippen LogP contribution in [0, 0.1) is 0 Å². The van der Waals surface area contributed by atoms with E-state index in [1.165, 1.54) is 0 Å². The van der Waals surface area contributed by atoms with Crippen LogP contribution in [0.3, 0.4) is 0 Å². The second kappa shape index (κ2) is 6.26. The molecule has 0 aromatic rings. The van der Waals surface area contributed by atoms with Crippen molar-refractivity contribution in [3.63, 3.8) is 0 Å². The minimum atomic E-state index is -1.79. The number of hydrogen-bond donors (Lipinski definition) is 3. The fourth-order valence-corrected chi connectivity index (χ4v) is 0.253. The van der Waals surface area contributed by atoms with Crippen LogP contribution in [0.25, 0.3) is 0 Å². The molecule has 6 heteroatoms. The molecule has 0 aromatic heterocycles. The van der Waals surface area contributed by atoms with Gasteiger partial charge in [-0.2, -0.15) is 0 Å². The number of carboxylic acids is 2. The molecule has 1 atom stereocenters. The monoisotopic (exact) mass is 173 g/mol. The molecule has 3 N–H and O–H groups in total. The number of aliphatic hydroxyl groups is 1. The van der Waals surface area contributed by atoms with Crippen molar-refractivity contribution in [3.8, 4) is 0 Å². The van der Waals surface area contributed by atoms with Gasteiger partial charge in [0.05, 0.1) is 6.42 Å². The predicted octanol–water partition coefficient (Wildman–Crippen LogP) is -4.09. The third kappa shape index (κ3) is 6.65. The summed E-state index contributed by atoms with van der Waals surface area (Å²) in [5, 5.41) is 24.1. The normalized spacial score (nSPS) is 11.3. The van der Waals surface area contributed by atoms with Crippen LogP contribution in [0.2, 0.25) is 0 Å². The van der Waals surface area contributed by atoms with Gasteiger partial charge in [-0.1, -0.05) is 0 Å². The van der Waals surface area contributed by atoms with Crippen molar-refractivity contribution < 1.29 is 76.3 Å². The maximum absolute atomic E-state index is 9.72. The molecule has 52 valence electrons. The van der Waals surface area contributed by atoms with Gasteiger partial charge in [0.25, 0.3) is 0 Å². The van der Waals surface area contributed by atoms with Crippen molar-refractivity contribution in [3.05, 3.63) is 0 Å². The molecule has 0 heterocycles. The van der Waals surface area contributed by atoms with Gasteiger partial charge in [-0.3, -0.25) is 4.79 Å². The average Bonchev–Trinajstić information content (AvgIpc) is 1.63. The van der Waals surface area contributed by atoms with Crippen molar-refractivity contribution in [2.24, 2.45) is 0 Å². The van der Waals surface area contributed by atoms with E-state index in [0.717, 1.165) is 0 Å². The van der Waals surface area contributed by atoms with Crippen LogP contribution in [-0.2, 0) is 9.59 Å². The first-order valence-electron chi connectivity index (χ1n) is 2.16. The zero-order chi connectivity index (χ0) is 7.44. The van der Waals surface area contributed by atoms with E-state index in [2.05, 4.69) is 0 Å². The van der Waals surface area contributed by atoms with Crippen LogP contribution in [0.5, 0.6) is 0 Å². The Labute approximate surface area is 99.5 Å². The molecule has 0 aromatic carbocycles. The summed E-state index contributed by atoms with van der Waals surface area (Å²) < 4.78 is 0. The Morgan fingerprint density at radius 1 is 1.30 bits per heavy atom. The molecule has 0 radical (unpaired) electrons. The van der Waals surface area contributed by atoms with Crippen molar-refractivity contribution in [1.82, 2.24) is 0 Å². The van der Waals surface area contributed by atoms with Crippen molar-refractivity contribution in [2.45, 2.75) is 12.5 Å². The molecule has 1 unspecified atom stereocenters. The maximum atomic E-state index is 9.72. The molecule has 0 saturated heterocycles. The van der Waals surface area contributed by atoms with Crippen LogP contribution < -0.4 is 51.4 Å². The molecule has 5 nitrogen and oxygen atoms in total. The van der Waals surface area contributed by atoms with Crippen LogP contribution in [0.4, 0.5) is 0 Å². The molecule has 0 rings (SSSR count). The average molecular weight is 173 g/mol. The first-order valence-corrected chi connectivity index (χ1v) is 2.16. The first kappa shape index (κ1) is 13.1. The molecule has 0 spiro atoms. The summed E-state index contributed by atoms with van der Waals surface area (Å²) in [4.78, 5) is 19.4. The topological polar surface area (TPSA) is 94.8 Å². The molecule has 0 aliphatic rings. The second-order valence-corrected chi connectivity index (χ2v) is 1.45. The third-order valence-corrected chi connectivity index (χ3v) is 0.653. The molecule has 0 aliphatic heterocycles. The number of aliphatic carboxylic acids is 2. The minimum Gasteiger partial charge on any atom is -0.481 e. The molecule has 0 bridgehead atoms. The molecule has 0 fully saturated rings. The van der Waals surface area contributed by atoms with Gasteiger partial charge in [0.15, 0.2) is 6.10 Å². The van der Waals surface area contributed by atoms with Crippen molar-refractivity contribution >= 4 is 11.9 Å². The van der Waals surface area contributed by atoms with E-state index in [9.17, 15) is 9.59 Å². The summed E-state index contributed by atoms with van der Waals surface area (Å²) in [5.74, 6) is -2.85. The minimum absolute atomic E-state index is 0. The molecule has 0 aliphatic carbocycles. The Morgan fingerprint density at radius 3 is 1.80 bits per heavy atom. The Morgan fingerprint density at radius 2 is 1.70 bits per heavy atom. The molecular formula is C4H6KO5+. The number of aliphatic hydroxyl groups excluding tert-OH is 1. The van der Waals surface area contributed by atoms with Gasteiger partial charge in [-0.15, -0.1) is 0 Å². The summed E-state index contributed by atoms with van der Waals surface area (Å²) in [5.41, 5.74) is 0. The van der Waals surface area contributed by atoms with E-state index in [-0.39, 0.29) is 51.4 Å². The first-order chi connectivity index (χ1) is 4.04. The van der Waals surface area contributed by atoms with Gasteiger partial charge in [0.2, 0.25) is 0 Å². The maximum Gasteiger partial charge on any atom is 1.00 e. The Hall–Kier alpha value is 0.536. The molecular weight excluding hydrogens is 167 g/mol. The van der Waals surface area contributed by atoms with E-state index in [1.807, 2.05) is 0 Å². The Bertz CT molecular complexity index is 134. The largest absolute Gasteiger partial charge is 1.00 e.